The zero-order chi connectivity index (χ0) is 15.4. The molecule has 1 aromatic rings. The Morgan fingerprint density at radius 2 is 1.85 bits per heavy atom. The van der Waals surface area contributed by atoms with Gasteiger partial charge >= 0.3 is 5.97 Å². The lowest BCUT2D eigenvalue weighted by molar-refractivity contribution is -0.118. The fraction of sp³-hybridized carbons (Fsp3) is 0.385. The van der Waals surface area contributed by atoms with Crippen LogP contribution in [-0.2, 0) is 9.53 Å². The molecule has 0 aliphatic carbocycles. The summed E-state index contributed by atoms with van der Waals surface area (Å²) in [7, 11) is 1.07. The summed E-state index contributed by atoms with van der Waals surface area (Å²) >= 11 is 0. The van der Waals surface area contributed by atoms with Crippen molar-refractivity contribution in [3.8, 4) is 0 Å². The molecule has 0 fully saturated rings. The predicted octanol–water partition coefficient (Wildman–Crippen LogP) is 1.67. The van der Waals surface area contributed by atoms with Crippen LogP contribution in [0.1, 0.15) is 24.2 Å². The fourth-order valence-corrected chi connectivity index (χ4v) is 1.43. The first-order valence-electron chi connectivity index (χ1n) is 5.91. The van der Waals surface area contributed by atoms with Gasteiger partial charge < -0.3 is 15.8 Å². The van der Waals surface area contributed by atoms with Gasteiger partial charge in [-0.05, 0) is 12.0 Å². The van der Waals surface area contributed by atoms with Crippen LogP contribution in [0.25, 0.3) is 0 Å². The highest BCUT2D eigenvalue weighted by atomic mass is 19.1. The molecule has 0 heterocycles. The van der Waals surface area contributed by atoms with Crippen molar-refractivity contribution in [2.75, 3.05) is 12.4 Å². The number of esters is 1. The molecule has 0 unspecified atom stereocenters. The number of rotatable bonds is 4. The topological polar surface area (TPSA) is 81.4 Å². The Hall–Kier alpha value is -2.02. The van der Waals surface area contributed by atoms with Gasteiger partial charge in [0.1, 0.15) is 11.6 Å². The van der Waals surface area contributed by atoms with Crippen molar-refractivity contribution in [3.05, 3.63) is 29.3 Å². The molecule has 1 rings (SSSR count). The van der Waals surface area contributed by atoms with Crippen LogP contribution in [0.2, 0.25) is 0 Å². The number of nitrogens with two attached hydrogens (primary N) is 1. The van der Waals surface area contributed by atoms with Crippen molar-refractivity contribution >= 4 is 17.6 Å². The predicted molar refractivity (Wildman–Crippen MR) is 69.1 cm³/mol. The third-order valence-corrected chi connectivity index (χ3v) is 2.74. The van der Waals surface area contributed by atoms with Crippen LogP contribution in [0.15, 0.2) is 12.1 Å². The van der Waals surface area contributed by atoms with Crippen molar-refractivity contribution in [2.24, 2.45) is 11.7 Å². The summed E-state index contributed by atoms with van der Waals surface area (Å²) in [6, 6.07) is 0.533. The zero-order valence-corrected chi connectivity index (χ0v) is 11.4. The average Bonchev–Trinajstić information content (AvgIpc) is 2.39. The number of hydrogen-bond acceptors (Lipinski definition) is 4. The highest BCUT2D eigenvalue weighted by Gasteiger charge is 2.21. The molecule has 0 aliphatic rings. The van der Waals surface area contributed by atoms with Crippen molar-refractivity contribution in [2.45, 2.75) is 19.9 Å². The van der Waals surface area contributed by atoms with E-state index in [-0.39, 0.29) is 11.6 Å². The minimum absolute atomic E-state index is 0.154. The third kappa shape index (κ3) is 3.51. The molecule has 20 heavy (non-hydrogen) atoms. The second-order valence-electron chi connectivity index (χ2n) is 4.56. The summed E-state index contributed by atoms with van der Waals surface area (Å²) in [5.41, 5.74) is 4.82. The number of amides is 1. The van der Waals surface area contributed by atoms with Gasteiger partial charge in [-0.25, -0.2) is 13.6 Å². The number of carbonyl (C=O) groups is 2. The number of benzene rings is 1. The van der Waals surface area contributed by atoms with E-state index in [2.05, 4.69) is 10.1 Å². The molecule has 0 bridgehead atoms. The average molecular weight is 286 g/mol. The first-order chi connectivity index (χ1) is 9.27. The molecule has 0 saturated carbocycles. The molecule has 0 saturated heterocycles. The monoisotopic (exact) mass is 286 g/mol. The maximum atomic E-state index is 13.6. The molecule has 0 radical (unpaired) electrons. The maximum Gasteiger partial charge on any atom is 0.340 e. The largest absolute Gasteiger partial charge is 0.465 e. The quantitative estimate of drug-likeness (QED) is 0.825. The summed E-state index contributed by atoms with van der Waals surface area (Å²) in [5.74, 6) is -3.81. The van der Waals surface area contributed by atoms with Gasteiger partial charge in [0.25, 0.3) is 0 Å². The van der Waals surface area contributed by atoms with Gasteiger partial charge in [-0.1, -0.05) is 13.8 Å². The summed E-state index contributed by atoms with van der Waals surface area (Å²) in [6.45, 7) is 3.45. The molecule has 0 spiro atoms. The van der Waals surface area contributed by atoms with Crippen molar-refractivity contribution in [3.63, 3.8) is 0 Å². The Bertz CT molecular complexity index is 533. The molecule has 7 heteroatoms. The van der Waals surface area contributed by atoms with Crippen LogP contribution in [0.3, 0.4) is 0 Å². The zero-order valence-electron chi connectivity index (χ0n) is 11.4. The lowest BCUT2D eigenvalue weighted by atomic mass is 10.0. The molecular formula is C13H16F2N2O3. The van der Waals surface area contributed by atoms with Gasteiger partial charge in [0.2, 0.25) is 5.91 Å². The minimum atomic E-state index is -1.07. The molecule has 3 N–H and O–H groups in total. The van der Waals surface area contributed by atoms with Gasteiger partial charge in [0.15, 0.2) is 0 Å². The standard InChI is InChI=1S/C13H16F2N2O3/c1-6(2)11(16)12(18)17-10-4-7(13(19)20-3)8(14)5-9(10)15/h4-6,11H,16H2,1-3H3,(H,17,18)/t11-/m1/s1. The molecule has 110 valence electrons. The third-order valence-electron chi connectivity index (χ3n) is 2.74. The SMILES string of the molecule is COC(=O)c1cc(NC(=O)[C@H](N)C(C)C)c(F)cc1F. The fourth-order valence-electron chi connectivity index (χ4n) is 1.43. The maximum absolute atomic E-state index is 13.6. The number of methoxy groups -OCH3 is 1. The van der Waals surface area contributed by atoms with E-state index in [1.54, 1.807) is 13.8 Å². The van der Waals surface area contributed by atoms with E-state index in [0.717, 1.165) is 13.2 Å². The Balaban J connectivity index is 3.07. The Kier molecular flexibility index (Phi) is 5.15. The van der Waals surface area contributed by atoms with E-state index in [4.69, 9.17) is 5.73 Å². The minimum Gasteiger partial charge on any atom is -0.465 e. The molecule has 0 aromatic heterocycles. The number of halogens is 2. The molecule has 0 aliphatic heterocycles. The number of hydrogen-bond donors (Lipinski definition) is 2. The Labute approximate surface area is 115 Å². The number of ether oxygens (including phenoxy) is 1. The lowest BCUT2D eigenvalue weighted by Crippen LogP contribution is -2.40. The van der Waals surface area contributed by atoms with Gasteiger partial charge in [0, 0.05) is 6.07 Å². The van der Waals surface area contributed by atoms with Crippen LogP contribution in [0.4, 0.5) is 14.5 Å². The van der Waals surface area contributed by atoms with E-state index in [1.807, 2.05) is 0 Å². The summed E-state index contributed by atoms with van der Waals surface area (Å²) in [5, 5.41) is 2.22. The van der Waals surface area contributed by atoms with Crippen LogP contribution in [0.5, 0.6) is 0 Å². The first kappa shape index (κ1) is 16.0. The summed E-state index contributed by atoms with van der Waals surface area (Å²) < 4.78 is 31.4. The summed E-state index contributed by atoms with van der Waals surface area (Å²) in [6.07, 6.45) is 0. The van der Waals surface area contributed by atoms with Gasteiger partial charge in [0.05, 0.1) is 24.4 Å². The second kappa shape index (κ2) is 6.42. The number of nitrogens with one attached hydrogen (secondary N) is 1. The normalized spacial score (nSPS) is 12.2. The van der Waals surface area contributed by atoms with Crippen LogP contribution in [0, 0.1) is 17.6 Å². The van der Waals surface area contributed by atoms with Gasteiger partial charge in [-0.2, -0.15) is 0 Å². The van der Waals surface area contributed by atoms with Crippen LogP contribution < -0.4 is 11.1 Å². The molecule has 1 amide bonds. The lowest BCUT2D eigenvalue weighted by Gasteiger charge is -2.16. The smallest absolute Gasteiger partial charge is 0.340 e. The molecule has 1 aromatic carbocycles. The Morgan fingerprint density at radius 1 is 1.25 bits per heavy atom. The highest BCUT2D eigenvalue weighted by Crippen LogP contribution is 2.20. The van der Waals surface area contributed by atoms with Crippen molar-refractivity contribution < 1.29 is 23.1 Å². The van der Waals surface area contributed by atoms with Gasteiger partial charge in [-0.15, -0.1) is 0 Å². The highest BCUT2D eigenvalue weighted by molar-refractivity contribution is 5.97. The van der Waals surface area contributed by atoms with Crippen molar-refractivity contribution in [1.82, 2.24) is 0 Å². The second-order valence-corrected chi connectivity index (χ2v) is 4.56. The van der Waals surface area contributed by atoms with E-state index < -0.39 is 35.1 Å². The van der Waals surface area contributed by atoms with Crippen molar-refractivity contribution in [1.29, 1.82) is 0 Å². The van der Waals surface area contributed by atoms with E-state index in [9.17, 15) is 18.4 Å². The van der Waals surface area contributed by atoms with Crippen LogP contribution in [-0.4, -0.2) is 25.0 Å². The first-order valence-corrected chi connectivity index (χ1v) is 5.91. The van der Waals surface area contributed by atoms with E-state index >= 15 is 0 Å². The molecular weight excluding hydrogens is 270 g/mol. The molecule has 5 nitrogen and oxygen atoms in total. The van der Waals surface area contributed by atoms with Crippen LogP contribution >= 0.6 is 0 Å². The van der Waals surface area contributed by atoms with E-state index in [0.29, 0.717) is 6.07 Å². The number of carbonyl (C=O) groups excluding carboxylic acids is 2. The number of anilines is 1. The molecule has 1 atom stereocenters. The summed E-state index contributed by atoms with van der Waals surface area (Å²) in [4.78, 5) is 23.0. The Morgan fingerprint density at radius 3 is 2.35 bits per heavy atom. The van der Waals surface area contributed by atoms with Gasteiger partial charge in [-0.3, -0.25) is 4.79 Å². The van der Waals surface area contributed by atoms with E-state index in [1.165, 1.54) is 0 Å².